The van der Waals surface area contributed by atoms with E-state index in [0.717, 1.165) is 11.1 Å². The molecule has 16 heavy (non-hydrogen) atoms. The quantitative estimate of drug-likeness (QED) is 0.756. The van der Waals surface area contributed by atoms with Gasteiger partial charge in [-0.3, -0.25) is 0 Å². The van der Waals surface area contributed by atoms with Crippen LogP contribution in [0.3, 0.4) is 0 Å². The van der Waals surface area contributed by atoms with Gasteiger partial charge in [0.1, 0.15) is 0 Å². The minimum Gasteiger partial charge on any atom is -0.398 e. The lowest BCUT2D eigenvalue weighted by molar-refractivity contribution is 0.293. The smallest absolute Gasteiger partial charge is 0.258 e. The third kappa shape index (κ3) is 1.90. The largest absolute Gasteiger partial charge is 0.398 e. The highest BCUT2D eigenvalue weighted by molar-refractivity contribution is 5.66. The minimum atomic E-state index is 0.00881. The summed E-state index contributed by atoms with van der Waals surface area (Å²) in [5, 5.41) is 12.5. The summed E-state index contributed by atoms with van der Waals surface area (Å²) in [6, 6.07) is 5.54. The molecule has 0 aliphatic rings. The number of aromatic nitrogens is 2. The number of anilines is 1. The number of hydrogen-bond acceptors (Lipinski definition) is 5. The molecule has 84 valence electrons. The maximum atomic E-state index is 8.76. The maximum Gasteiger partial charge on any atom is 0.258 e. The standard InChI is InChI=1S/C11H13N3O2/c1-7-8(3-2-4-9(7)12)11-13-10(5-6-15)14-16-11/h2-4,15H,5-6,12H2,1H3. The molecule has 0 aliphatic heterocycles. The van der Waals surface area contributed by atoms with Crippen LogP contribution in [0.5, 0.6) is 0 Å². The van der Waals surface area contributed by atoms with E-state index >= 15 is 0 Å². The van der Waals surface area contributed by atoms with Gasteiger partial charge in [0.2, 0.25) is 0 Å². The first kappa shape index (κ1) is 10.6. The van der Waals surface area contributed by atoms with Crippen LogP contribution in [0.1, 0.15) is 11.4 Å². The summed E-state index contributed by atoms with van der Waals surface area (Å²) in [6.07, 6.45) is 0.394. The number of nitrogens with zero attached hydrogens (tertiary/aromatic N) is 2. The average molecular weight is 219 g/mol. The number of rotatable bonds is 3. The van der Waals surface area contributed by atoms with Gasteiger partial charge in [-0.2, -0.15) is 4.98 Å². The van der Waals surface area contributed by atoms with E-state index in [1.54, 1.807) is 0 Å². The molecule has 0 saturated heterocycles. The molecule has 1 aromatic carbocycles. The van der Waals surface area contributed by atoms with Crippen LogP contribution in [0, 0.1) is 6.92 Å². The van der Waals surface area contributed by atoms with Crippen LogP contribution in [0.15, 0.2) is 22.7 Å². The Labute approximate surface area is 92.9 Å². The van der Waals surface area contributed by atoms with Crippen LogP contribution in [0.25, 0.3) is 11.5 Å². The van der Waals surface area contributed by atoms with Gasteiger partial charge in [0, 0.05) is 17.7 Å². The SMILES string of the molecule is Cc1c(N)cccc1-c1nc(CCO)no1. The first-order chi connectivity index (χ1) is 7.72. The fourth-order valence-corrected chi connectivity index (χ4v) is 1.45. The predicted octanol–water partition coefficient (Wildman–Crippen LogP) is 1.16. The zero-order valence-corrected chi connectivity index (χ0v) is 8.97. The van der Waals surface area contributed by atoms with Crippen molar-refractivity contribution in [2.75, 3.05) is 12.3 Å². The Hall–Kier alpha value is -1.88. The van der Waals surface area contributed by atoms with Gasteiger partial charge >= 0.3 is 0 Å². The topological polar surface area (TPSA) is 85.2 Å². The highest BCUT2D eigenvalue weighted by Gasteiger charge is 2.11. The van der Waals surface area contributed by atoms with E-state index in [9.17, 15) is 0 Å². The Kier molecular flexibility index (Phi) is 2.87. The number of aliphatic hydroxyl groups is 1. The molecule has 0 fully saturated rings. The molecule has 2 rings (SSSR count). The monoisotopic (exact) mass is 219 g/mol. The van der Waals surface area contributed by atoms with Crippen molar-refractivity contribution in [3.8, 4) is 11.5 Å². The molecular formula is C11H13N3O2. The summed E-state index contributed by atoms with van der Waals surface area (Å²) < 4.78 is 5.11. The first-order valence-electron chi connectivity index (χ1n) is 5.01. The van der Waals surface area contributed by atoms with E-state index < -0.39 is 0 Å². The third-order valence-electron chi connectivity index (χ3n) is 2.41. The number of benzene rings is 1. The van der Waals surface area contributed by atoms with Gasteiger partial charge in [-0.25, -0.2) is 0 Å². The lowest BCUT2D eigenvalue weighted by Crippen LogP contribution is -1.94. The van der Waals surface area contributed by atoms with E-state index in [2.05, 4.69) is 10.1 Å². The molecule has 3 N–H and O–H groups in total. The zero-order chi connectivity index (χ0) is 11.5. The Bertz CT molecular complexity index is 494. The summed E-state index contributed by atoms with van der Waals surface area (Å²) in [5.41, 5.74) is 8.24. The van der Waals surface area contributed by atoms with Crippen LogP contribution in [0.2, 0.25) is 0 Å². The fraction of sp³-hybridized carbons (Fsp3) is 0.273. The molecule has 5 nitrogen and oxygen atoms in total. The van der Waals surface area contributed by atoms with Crippen molar-refractivity contribution < 1.29 is 9.63 Å². The van der Waals surface area contributed by atoms with E-state index in [0.29, 0.717) is 23.8 Å². The summed E-state index contributed by atoms with van der Waals surface area (Å²) in [7, 11) is 0. The Morgan fingerprint density at radius 3 is 3.00 bits per heavy atom. The van der Waals surface area contributed by atoms with Crippen molar-refractivity contribution in [2.45, 2.75) is 13.3 Å². The molecule has 0 unspecified atom stereocenters. The highest BCUT2D eigenvalue weighted by Crippen LogP contribution is 2.25. The summed E-state index contributed by atoms with van der Waals surface area (Å²) >= 11 is 0. The van der Waals surface area contributed by atoms with Gasteiger partial charge in [-0.1, -0.05) is 11.2 Å². The van der Waals surface area contributed by atoms with Crippen molar-refractivity contribution in [3.05, 3.63) is 29.6 Å². The second kappa shape index (κ2) is 4.32. The third-order valence-corrected chi connectivity index (χ3v) is 2.41. The van der Waals surface area contributed by atoms with Crippen LogP contribution < -0.4 is 5.73 Å². The molecule has 0 aliphatic carbocycles. The van der Waals surface area contributed by atoms with Crippen molar-refractivity contribution in [1.29, 1.82) is 0 Å². The molecule has 1 heterocycles. The van der Waals surface area contributed by atoms with Gasteiger partial charge in [0.05, 0.1) is 6.61 Å². The molecule has 0 saturated carbocycles. The Balaban J connectivity index is 2.39. The van der Waals surface area contributed by atoms with Gasteiger partial charge < -0.3 is 15.4 Å². The molecule has 0 amide bonds. The van der Waals surface area contributed by atoms with Crippen molar-refractivity contribution in [1.82, 2.24) is 10.1 Å². The van der Waals surface area contributed by atoms with Crippen LogP contribution in [-0.2, 0) is 6.42 Å². The number of nitrogen functional groups attached to an aromatic ring is 1. The molecule has 1 aromatic heterocycles. The zero-order valence-electron chi connectivity index (χ0n) is 8.97. The molecule has 0 atom stereocenters. The second-order valence-corrected chi connectivity index (χ2v) is 3.51. The number of aliphatic hydroxyl groups excluding tert-OH is 1. The minimum absolute atomic E-state index is 0.00881. The molecule has 2 aromatic rings. The van der Waals surface area contributed by atoms with E-state index in [-0.39, 0.29) is 6.61 Å². The predicted molar refractivity (Wildman–Crippen MR) is 59.7 cm³/mol. The number of nitrogens with two attached hydrogens (primary N) is 1. The van der Waals surface area contributed by atoms with Crippen LogP contribution >= 0.6 is 0 Å². The lowest BCUT2D eigenvalue weighted by Gasteiger charge is -2.02. The van der Waals surface area contributed by atoms with Crippen LogP contribution in [-0.4, -0.2) is 21.9 Å². The highest BCUT2D eigenvalue weighted by atomic mass is 16.5. The van der Waals surface area contributed by atoms with E-state index in [4.69, 9.17) is 15.4 Å². The fourth-order valence-electron chi connectivity index (χ4n) is 1.45. The number of hydrogen-bond donors (Lipinski definition) is 2. The Morgan fingerprint density at radius 1 is 1.44 bits per heavy atom. The van der Waals surface area contributed by atoms with Gasteiger partial charge in [-0.15, -0.1) is 0 Å². The van der Waals surface area contributed by atoms with E-state index in [1.807, 2.05) is 25.1 Å². The van der Waals surface area contributed by atoms with Gasteiger partial charge in [0.25, 0.3) is 5.89 Å². The summed E-state index contributed by atoms with van der Waals surface area (Å²) in [6.45, 7) is 1.91. The molecule has 0 bridgehead atoms. The molecule has 5 heteroatoms. The lowest BCUT2D eigenvalue weighted by atomic mass is 10.1. The molecule has 0 spiro atoms. The average Bonchev–Trinajstić information content (AvgIpc) is 2.71. The van der Waals surface area contributed by atoms with Crippen molar-refractivity contribution >= 4 is 5.69 Å². The summed E-state index contributed by atoms with van der Waals surface area (Å²) in [4.78, 5) is 4.18. The van der Waals surface area contributed by atoms with E-state index in [1.165, 1.54) is 0 Å². The Morgan fingerprint density at radius 2 is 2.25 bits per heavy atom. The summed E-state index contributed by atoms with van der Waals surface area (Å²) in [5.74, 6) is 0.938. The normalized spacial score (nSPS) is 10.6. The van der Waals surface area contributed by atoms with Crippen molar-refractivity contribution in [2.24, 2.45) is 0 Å². The second-order valence-electron chi connectivity index (χ2n) is 3.51. The van der Waals surface area contributed by atoms with Gasteiger partial charge in [-0.05, 0) is 24.6 Å². The first-order valence-corrected chi connectivity index (χ1v) is 5.01. The molecular weight excluding hydrogens is 206 g/mol. The van der Waals surface area contributed by atoms with Crippen LogP contribution in [0.4, 0.5) is 5.69 Å². The molecule has 0 radical (unpaired) electrons. The maximum absolute atomic E-state index is 8.76. The van der Waals surface area contributed by atoms with Crippen molar-refractivity contribution in [3.63, 3.8) is 0 Å². The van der Waals surface area contributed by atoms with Gasteiger partial charge in [0.15, 0.2) is 5.82 Å².